The maximum atomic E-state index is 5.86. The Morgan fingerprint density at radius 1 is 1.47 bits per heavy atom. The van der Waals surface area contributed by atoms with Crippen LogP contribution in [-0.2, 0) is 11.4 Å². The van der Waals surface area contributed by atoms with E-state index in [0.717, 1.165) is 0 Å². The highest BCUT2D eigenvalue weighted by Gasteiger charge is 2.13. The molecule has 0 radical (unpaired) electrons. The van der Waals surface area contributed by atoms with Crippen LogP contribution in [0.25, 0.3) is 11.4 Å². The van der Waals surface area contributed by atoms with Crippen LogP contribution in [0.15, 0.2) is 22.7 Å². The van der Waals surface area contributed by atoms with E-state index in [9.17, 15) is 0 Å². The lowest BCUT2D eigenvalue weighted by Crippen LogP contribution is -1.98. The molecule has 1 heterocycles. The molecule has 90 valence electrons. The van der Waals surface area contributed by atoms with Crippen molar-refractivity contribution in [1.82, 2.24) is 10.1 Å². The molecule has 17 heavy (non-hydrogen) atoms. The monoisotopic (exact) mass is 255 g/mol. The summed E-state index contributed by atoms with van der Waals surface area (Å²) in [5.74, 6) is 6.17. The van der Waals surface area contributed by atoms with Gasteiger partial charge in [0.15, 0.2) is 0 Å². The molecule has 7 heteroatoms. The molecule has 0 atom stereocenters. The first kappa shape index (κ1) is 11.8. The van der Waals surface area contributed by atoms with Crippen molar-refractivity contribution < 1.29 is 14.1 Å². The van der Waals surface area contributed by atoms with Gasteiger partial charge < -0.3 is 9.26 Å². The maximum Gasteiger partial charge on any atom is 0.255 e. The third-order valence-corrected chi connectivity index (χ3v) is 2.31. The molecule has 0 fully saturated rings. The third-order valence-electron chi connectivity index (χ3n) is 2.08. The van der Waals surface area contributed by atoms with Crippen molar-refractivity contribution in [3.63, 3.8) is 0 Å². The van der Waals surface area contributed by atoms with E-state index in [1.54, 1.807) is 25.3 Å². The fourth-order valence-corrected chi connectivity index (χ4v) is 1.51. The Labute approximate surface area is 102 Å². The summed E-state index contributed by atoms with van der Waals surface area (Å²) in [5, 5.41) is 4.37. The molecule has 6 nitrogen and oxygen atoms in total. The fourth-order valence-electron chi connectivity index (χ4n) is 1.34. The van der Waals surface area contributed by atoms with E-state index in [4.69, 9.17) is 26.8 Å². The lowest BCUT2D eigenvalue weighted by molar-refractivity contribution is 0.0996. The first-order valence-corrected chi connectivity index (χ1v) is 5.10. The standard InChI is InChI=1S/C10H10ClN3O3/c1-15-8-4-6(11)2-3-7(8)10-13-9(5-16-12)17-14-10/h2-4H,5,12H2,1H3. The smallest absolute Gasteiger partial charge is 0.255 e. The molecule has 0 aliphatic carbocycles. The molecular weight excluding hydrogens is 246 g/mol. The average molecular weight is 256 g/mol. The first-order valence-electron chi connectivity index (χ1n) is 4.72. The van der Waals surface area contributed by atoms with Crippen LogP contribution in [0.4, 0.5) is 0 Å². The van der Waals surface area contributed by atoms with Gasteiger partial charge in [0.25, 0.3) is 5.89 Å². The zero-order valence-electron chi connectivity index (χ0n) is 9.01. The van der Waals surface area contributed by atoms with Crippen LogP contribution in [-0.4, -0.2) is 17.3 Å². The van der Waals surface area contributed by atoms with Gasteiger partial charge in [-0.25, -0.2) is 5.90 Å². The topological polar surface area (TPSA) is 83.4 Å². The molecule has 0 bridgehead atoms. The Hall–Kier alpha value is -1.63. The highest BCUT2D eigenvalue weighted by Crippen LogP contribution is 2.30. The molecule has 0 aliphatic rings. The van der Waals surface area contributed by atoms with Gasteiger partial charge in [0.05, 0.1) is 12.7 Å². The molecule has 1 aromatic heterocycles. The minimum atomic E-state index is 0.0584. The summed E-state index contributed by atoms with van der Waals surface area (Å²) in [5.41, 5.74) is 0.684. The fraction of sp³-hybridized carbons (Fsp3) is 0.200. The van der Waals surface area contributed by atoms with E-state index >= 15 is 0 Å². The normalized spacial score (nSPS) is 10.5. The molecule has 0 unspecified atom stereocenters. The van der Waals surface area contributed by atoms with E-state index < -0.39 is 0 Å². The highest BCUT2D eigenvalue weighted by atomic mass is 35.5. The number of rotatable bonds is 4. The molecule has 0 aliphatic heterocycles. The summed E-state index contributed by atoms with van der Waals surface area (Å²) in [7, 11) is 1.54. The summed E-state index contributed by atoms with van der Waals surface area (Å²) in [4.78, 5) is 8.51. The van der Waals surface area contributed by atoms with Crippen LogP contribution in [0.2, 0.25) is 5.02 Å². The molecule has 0 saturated heterocycles. The van der Waals surface area contributed by atoms with Crippen LogP contribution in [0.5, 0.6) is 5.75 Å². The number of methoxy groups -OCH3 is 1. The van der Waals surface area contributed by atoms with Gasteiger partial charge in [0.2, 0.25) is 5.82 Å². The van der Waals surface area contributed by atoms with Crippen molar-refractivity contribution in [2.75, 3.05) is 7.11 Å². The number of aromatic nitrogens is 2. The Bertz CT molecular complexity index is 515. The van der Waals surface area contributed by atoms with Gasteiger partial charge in [0.1, 0.15) is 12.4 Å². The minimum Gasteiger partial charge on any atom is -0.496 e. The Kier molecular flexibility index (Phi) is 3.58. The largest absolute Gasteiger partial charge is 0.496 e. The van der Waals surface area contributed by atoms with Crippen LogP contribution in [0, 0.1) is 0 Å². The molecule has 2 rings (SSSR count). The quantitative estimate of drug-likeness (QED) is 0.839. The molecular formula is C10H10ClN3O3. The number of benzene rings is 1. The predicted octanol–water partition coefficient (Wildman–Crippen LogP) is 1.79. The van der Waals surface area contributed by atoms with Gasteiger partial charge in [-0.15, -0.1) is 0 Å². The van der Waals surface area contributed by atoms with E-state index in [1.165, 1.54) is 0 Å². The van der Waals surface area contributed by atoms with E-state index in [-0.39, 0.29) is 6.61 Å². The van der Waals surface area contributed by atoms with E-state index in [0.29, 0.717) is 28.1 Å². The van der Waals surface area contributed by atoms with Gasteiger partial charge >= 0.3 is 0 Å². The molecule has 2 aromatic rings. The van der Waals surface area contributed by atoms with Gasteiger partial charge in [-0.05, 0) is 18.2 Å². The highest BCUT2D eigenvalue weighted by molar-refractivity contribution is 6.30. The first-order chi connectivity index (χ1) is 8.24. The Morgan fingerprint density at radius 2 is 2.29 bits per heavy atom. The third kappa shape index (κ3) is 2.55. The molecule has 1 aromatic carbocycles. The number of halogens is 1. The second-order valence-electron chi connectivity index (χ2n) is 3.17. The minimum absolute atomic E-state index is 0.0584. The van der Waals surface area contributed by atoms with Gasteiger partial charge in [-0.1, -0.05) is 16.8 Å². The lowest BCUT2D eigenvalue weighted by Gasteiger charge is -2.04. The van der Waals surface area contributed by atoms with Gasteiger partial charge in [-0.2, -0.15) is 4.98 Å². The number of nitrogens with two attached hydrogens (primary N) is 1. The van der Waals surface area contributed by atoms with Crippen molar-refractivity contribution >= 4 is 11.6 Å². The number of hydrogen-bond donors (Lipinski definition) is 1. The number of nitrogens with zero attached hydrogens (tertiary/aromatic N) is 2. The zero-order chi connectivity index (χ0) is 12.3. The summed E-state index contributed by atoms with van der Waals surface area (Å²) in [6.45, 7) is 0.0584. The number of hydrogen-bond acceptors (Lipinski definition) is 6. The second-order valence-corrected chi connectivity index (χ2v) is 3.60. The van der Waals surface area contributed by atoms with E-state index in [1.807, 2.05) is 0 Å². The van der Waals surface area contributed by atoms with Crippen molar-refractivity contribution in [3.8, 4) is 17.1 Å². The van der Waals surface area contributed by atoms with Crippen molar-refractivity contribution in [1.29, 1.82) is 0 Å². The molecule has 0 saturated carbocycles. The number of ether oxygens (including phenoxy) is 1. The molecule has 0 amide bonds. The van der Waals surface area contributed by atoms with Crippen LogP contribution < -0.4 is 10.6 Å². The summed E-state index contributed by atoms with van der Waals surface area (Å²) in [6.07, 6.45) is 0. The van der Waals surface area contributed by atoms with Crippen molar-refractivity contribution in [2.45, 2.75) is 6.61 Å². The van der Waals surface area contributed by atoms with Crippen molar-refractivity contribution in [3.05, 3.63) is 29.1 Å². The predicted molar refractivity (Wildman–Crippen MR) is 60.3 cm³/mol. The Balaban J connectivity index is 2.37. The van der Waals surface area contributed by atoms with Crippen LogP contribution in [0.1, 0.15) is 5.89 Å². The molecule has 0 spiro atoms. The van der Waals surface area contributed by atoms with Crippen LogP contribution in [0.3, 0.4) is 0 Å². The van der Waals surface area contributed by atoms with Crippen LogP contribution >= 0.6 is 11.6 Å². The van der Waals surface area contributed by atoms with E-state index in [2.05, 4.69) is 15.0 Å². The summed E-state index contributed by atoms with van der Waals surface area (Å²) >= 11 is 5.86. The Morgan fingerprint density at radius 3 is 3.00 bits per heavy atom. The lowest BCUT2D eigenvalue weighted by atomic mass is 10.2. The summed E-state index contributed by atoms with van der Waals surface area (Å²) in [6, 6.07) is 5.14. The maximum absolute atomic E-state index is 5.86. The van der Waals surface area contributed by atoms with Crippen molar-refractivity contribution in [2.24, 2.45) is 5.90 Å². The SMILES string of the molecule is COc1cc(Cl)ccc1-c1noc(CON)n1. The summed E-state index contributed by atoms with van der Waals surface area (Å²) < 4.78 is 10.1. The van der Waals surface area contributed by atoms with Gasteiger partial charge in [-0.3, -0.25) is 4.84 Å². The van der Waals surface area contributed by atoms with Gasteiger partial charge in [0, 0.05) is 5.02 Å². The molecule has 2 N–H and O–H groups in total. The average Bonchev–Trinajstić information content (AvgIpc) is 2.78. The zero-order valence-corrected chi connectivity index (χ0v) is 9.77. The second kappa shape index (κ2) is 5.13.